The van der Waals surface area contributed by atoms with Crippen molar-refractivity contribution in [3.63, 3.8) is 0 Å². The van der Waals surface area contributed by atoms with Crippen LogP contribution in [-0.2, 0) is 0 Å². The van der Waals surface area contributed by atoms with Crippen LogP contribution >= 0.6 is 0 Å². The van der Waals surface area contributed by atoms with E-state index in [0.717, 1.165) is 18.8 Å². The molecule has 0 saturated heterocycles. The molecule has 0 aromatic heterocycles. The predicted molar refractivity (Wildman–Crippen MR) is 71.3 cm³/mol. The van der Waals surface area contributed by atoms with Gasteiger partial charge in [-0.1, -0.05) is 13.8 Å². The molecule has 0 spiro atoms. The van der Waals surface area contributed by atoms with Gasteiger partial charge in [-0.3, -0.25) is 10.1 Å². The maximum Gasteiger partial charge on any atom is 0.311 e. The molecule has 0 bridgehead atoms. The van der Waals surface area contributed by atoms with Crippen LogP contribution in [0.2, 0.25) is 0 Å². The Labute approximate surface area is 106 Å². The van der Waals surface area contributed by atoms with E-state index in [-0.39, 0.29) is 11.4 Å². The Morgan fingerprint density at radius 2 is 2.11 bits per heavy atom. The highest BCUT2D eigenvalue weighted by Crippen LogP contribution is 2.29. The fourth-order valence-corrected chi connectivity index (χ4v) is 1.51. The first-order valence-corrected chi connectivity index (χ1v) is 5.84. The quantitative estimate of drug-likeness (QED) is 0.441. The maximum atomic E-state index is 10.7. The van der Waals surface area contributed by atoms with Crippen molar-refractivity contribution >= 4 is 11.4 Å². The minimum atomic E-state index is -0.455. The number of methoxy groups -OCH3 is 1. The average molecular weight is 253 g/mol. The van der Waals surface area contributed by atoms with Crippen LogP contribution in [-0.4, -0.2) is 31.2 Å². The Morgan fingerprint density at radius 3 is 2.67 bits per heavy atom. The SMILES string of the molecule is COc1cc(NCCNC(C)C)ccc1[N+](=O)[O-]. The van der Waals surface area contributed by atoms with E-state index in [9.17, 15) is 10.1 Å². The smallest absolute Gasteiger partial charge is 0.311 e. The summed E-state index contributed by atoms with van der Waals surface area (Å²) in [6, 6.07) is 5.19. The van der Waals surface area contributed by atoms with E-state index in [1.165, 1.54) is 13.2 Å². The van der Waals surface area contributed by atoms with Crippen molar-refractivity contribution in [2.24, 2.45) is 0 Å². The summed E-state index contributed by atoms with van der Waals surface area (Å²) in [5.41, 5.74) is 0.784. The number of ether oxygens (including phenoxy) is 1. The highest BCUT2D eigenvalue weighted by atomic mass is 16.6. The summed E-state index contributed by atoms with van der Waals surface area (Å²) in [7, 11) is 1.42. The average Bonchev–Trinajstić information content (AvgIpc) is 2.33. The maximum absolute atomic E-state index is 10.7. The second-order valence-electron chi connectivity index (χ2n) is 4.18. The van der Waals surface area contributed by atoms with E-state index >= 15 is 0 Å². The lowest BCUT2D eigenvalue weighted by molar-refractivity contribution is -0.385. The van der Waals surface area contributed by atoms with Gasteiger partial charge in [-0.25, -0.2) is 0 Å². The fourth-order valence-electron chi connectivity index (χ4n) is 1.51. The molecule has 18 heavy (non-hydrogen) atoms. The molecule has 6 nitrogen and oxygen atoms in total. The van der Waals surface area contributed by atoms with Crippen molar-refractivity contribution in [3.8, 4) is 5.75 Å². The number of nitrogens with zero attached hydrogens (tertiary/aromatic N) is 1. The lowest BCUT2D eigenvalue weighted by Gasteiger charge is -2.10. The Morgan fingerprint density at radius 1 is 1.39 bits per heavy atom. The number of rotatable bonds is 7. The molecular weight excluding hydrogens is 234 g/mol. The van der Waals surface area contributed by atoms with Gasteiger partial charge in [0.15, 0.2) is 5.75 Å². The van der Waals surface area contributed by atoms with Crippen molar-refractivity contribution in [1.29, 1.82) is 0 Å². The van der Waals surface area contributed by atoms with Crippen LogP contribution in [0.3, 0.4) is 0 Å². The molecule has 0 atom stereocenters. The van der Waals surface area contributed by atoms with Gasteiger partial charge in [0.2, 0.25) is 0 Å². The molecule has 0 fully saturated rings. The van der Waals surface area contributed by atoms with Gasteiger partial charge < -0.3 is 15.4 Å². The first kappa shape index (κ1) is 14.2. The molecule has 6 heteroatoms. The van der Waals surface area contributed by atoms with E-state index in [1.807, 2.05) is 0 Å². The molecule has 0 aliphatic heterocycles. The third-order valence-electron chi connectivity index (χ3n) is 2.38. The van der Waals surface area contributed by atoms with Gasteiger partial charge in [-0.2, -0.15) is 0 Å². The Kier molecular flexibility index (Phi) is 5.38. The molecule has 0 amide bonds. The molecule has 1 rings (SSSR count). The number of anilines is 1. The van der Waals surface area contributed by atoms with Crippen molar-refractivity contribution < 1.29 is 9.66 Å². The number of nitro benzene ring substituents is 1. The zero-order chi connectivity index (χ0) is 13.5. The lowest BCUT2D eigenvalue weighted by Crippen LogP contribution is -2.28. The van der Waals surface area contributed by atoms with Crippen LogP contribution in [0.4, 0.5) is 11.4 Å². The van der Waals surface area contributed by atoms with Crippen LogP contribution in [0.25, 0.3) is 0 Å². The standard InChI is InChI=1S/C12H19N3O3/c1-9(2)13-6-7-14-10-4-5-11(15(16)17)12(8-10)18-3/h4-5,8-9,13-14H,6-7H2,1-3H3. The van der Waals surface area contributed by atoms with E-state index in [0.29, 0.717) is 6.04 Å². The van der Waals surface area contributed by atoms with E-state index < -0.39 is 4.92 Å². The Balaban J connectivity index is 2.60. The second kappa shape index (κ2) is 6.80. The molecule has 0 radical (unpaired) electrons. The Bertz CT molecular complexity index is 408. The number of hydrogen-bond acceptors (Lipinski definition) is 5. The summed E-state index contributed by atoms with van der Waals surface area (Å²) < 4.78 is 4.99. The highest BCUT2D eigenvalue weighted by molar-refractivity contribution is 5.57. The van der Waals surface area contributed by atoms with Crippen LogP contribution in [0.5, 0.6) is 5.75 Å². The molecule has 0 saturated carbocycles. The van der Waals surface area contributed by atoms with E-state index in [4.69, 9.17) is 4.74 Å². The van der Waals surface area contributed by atoms with Crippen molar-refractivity contribution in [2.75, 3.05) is 25.5 Å². The molecule has 1 aromatic rings. The monoisotopic (exact) mass is 253 g/mol. The predicted octanol–water partition coefficient (Wildman–Crippen LogP) is 2.01. The first-order chi connectivity index (χ1) is 8.54. The summed E-state index contributed by atoms with van der Waals surface area (Å²) in [5.74, 6) is 0.266. The molecule has 1 aromatic carbocycles. The third kappa shape index (κ3) is 4.21. The topological polar surface area (TPSA) is 76.4 Å². The van der Waals surface area contributed by atoms with E-state index in [1.54, 1.807) is 12.1 Å². The van der Waals surface area contributed by atoms with Crippen molar-refractivity contribution in [1.82, 2.24) is 5.32 Å². The van der Waals surface area contributed by atoms with Gasteiger partial charge >= 0.3 is 5.69 Å². The Hall–Kier alpha value is -1.82. The molecule has 0 heterocycles. The van der Waals surface area contributed by atoms with Crippen molar-refractivity contribution in [3.05, 3.63) is 28.3 Å². The number of nitrogens with one attached hydrogen (secondary N) is 2. The van der Waals surface area contributed by atoms with Gasteiger partial charge in [-0.05, 0) is 6.07 Å². The summed E-state index contributed by atoms with van der Waals surface area (Å²) in [6.07, 6.45) is 0. The largest absolute Gasteiger partial charge is 0.490 e. The molecule has 100 valence electrons. The zero-order valence-corrected chi connectivity index (χ0v) is 10.9. The van der Waals surface area contributed by atoms with Crippen LogP contribution in [0.15, 0.2) is 18.2 Å². The number of nitro groups is 1. The normalized spacial score (nSPS) is 10.4. The molecule has 0 unspecified atom stereocenters. The van der Waals surface area contributed by atoms with Gasteiger partial charge in [-0.15, -0.1) is 0 Å². The minimum absolute atomic E-state index is 0.0247. The van der Waals surface area contributed by atoms with Gasteiger partial charge in [0.1, 0.15) is 0 Å². The third-order valence-corrected chi connectivity index (χ3v) is 2.38. The lowest BCUT2D eigenvalue weighted by atomic mass is 10.2. The first-order valence-electron chi connectivity index (χ1n) is 5.84. The fraction of sp³-hybridized carbons (Fsp3) is 0.500. The number of benzene rings is 1. The molecule has 0 aliphatic rings. The number of hydrogen-bond donors (Lipinski definition) is 2. The van der Waals surface area contributed by atoms with Gasteiger partial charge in [0.05, 0.1) is 12.0 Å². The molecule has 0 aliphatic carbocycles. The molecule has 2 N–H and O–H groups in total. The van der Waals surface area contributed by atoms with Gasteiger partial charge in [0.25, 0.3) is 0 Å². The molecular formula is C12H19N3O3. The highest BCUT2D eigenvalue weighted by Gasteiger charge is 2.14. The second-order valence-corrected chi connectivity index (χ2v) is 4.18. The summed E-state index contributed by atoms with van der Waals surface area (Å²) in [6.45, 7) is 5.74. The minimum Gasteiger partial charge on any atom is -0.490 e. The van der Waals surface area contributed by atoms with Gasteiger partial charge in [0, 0.05) is 37.0 Å². The summed E-state index contributed by atoms with van der Waals surface area (Å²) in [5, 5.41) is 17.2. The van der Waals surface area contributed by atoms with Crippen LogP contribution < -0.4 is 15.4 Å². The zero-order valence-electron chi connectivity index (χ0n) is 10.9. The summed E-state index contributed by atoms with van der Waals surface area (Å²) >= 11 is 0. The van der Waals surface area contributed by atoms with E-state index in [2.05, 4.69) is 24.5 Å². The van der Waals surface area contributed by atoms with Crippen LogP contribution in [0.1, 0.15) is 13.8 Å². The van der Waals surface area contributed by atoms with Crippen molar-refractivity contribution in [2.45, 2.75) is 19.9 Å². The summed E-state index contributed by atoms with van der Waals surface area (Å²) in [4.78, 5) is 10.3. The van der Waals surface area contributed by atoms with Crippen LogP contribution in [0, 0.1) is 10.1 Å².